The van der Waals surface area contributed by atoms with Crippen LogP contribution in [0.15, 0.2) is 0 Å². The highest BCUT2D eigenvalue weighted by Gasteiger charge is 2.53. The Bertz CT molecular complexity index is 217. The van der Waals surface area contributed by atoms with Gasteiger partial charge in [-0.05, 0) is 37.5 Å². The van der Waals surface area contributed by atoms with Gasteiger partial charge in [0.1, 0.15) is 0 Å². The smallest absolute Gasteiger partial charge is 0.223 e. The zero-order valence-corrected chi connectivity index (χ0v) is 7.12. The van der Waals surface area contributed by atoms with Gasteiger partial charge in [0.25, 0.3) is 0 Å². The molecule has 0 spiro atoms. The number of carbonyl (C=O) groups is 1. The van der Waals surface area contributed by atoms with E-state index in [1.165, 1.54) is 0 Å². The van der Waals surface area contributed by atoms with Crippen LogP contribution in [0.4, 0.5) is 0 Å². The molecule has 2 aliphatic carbocycles. The van der Waals surface area contributed by atoms with E-state index >= 15 is 0 Å². The normalized spacial score (nSPS) is 45.1. The maximum absolute atomic E-state index is 11.2. The molecule has 0 aromatic heterocycles. The maximum Gasteiger partial charge on any atom is 0.223 e. The fourth-order valence-electron chi connectivity index (χ4n) is 2.96. The topological polar surface area (TPSA) is 63.3 Å². The van der Waals surface area contributed by atoms with Gasteiger partial charge in [-0.3, -0.25) is 4.79 Å². The Balaban J connectivity index is 2.17. The molecule has 0 heterocycles. The number of aliphatic hydroxyl groups excluding tert-OH is 1. The molecular weight excluding hydrogens is 154 g/mol. The second kappa shape index (κ2) is 2.46. The van der Waals surface area contributed by atoms with Crippen molar-refractivity contribution in [2.45, 2.75) is 25.7 Å². The predicted molar refractivity (Wildman–Crippen MR) is 44.2 cm³/mol. The van der Waals surface area contributed by atoms with Crippen molar-refractivity contribution in [3.8, 4) is 0 Å². The lowest BCUT2D eigenvalue weighted by molar-refractivity contribution is -0.127. The van der Waals surface area contributed by atoms with Gasteiger partial charge in [0, 0.05) is 12.0 Å². The molecule has 0 aliphatic heterocycles. The van der Waals surface area contributed by atoms with Crippen molar-refractivity contribution < 1.29 is 9.90 Å². The van der Waals surface area contributed by atoms with E-state index in [9.17, 15) is 4.79 Å². The van der Waals surface area contributed by atoms with Crippen LogP contribution in [0.5, 0.6) is 0 Å². The van der Waals surface area contributed by atoms with Gasteiger partial charge < -0.3 is 10.8 Å². The Morgan fingerprint density at radius 2 is 2.33 bits per heavy atom. The van der Waals surface area contributed by atoms with Crippen LogP contribution < -0.4 is 5.73 Å². The largest absolute Gasteiger partial charge is 0.396 e. The molecule has 1 amide bonds. The zero-order chi connectivity index (χ0) is 8.77. The van der Waals surface area contributed by atoms with Gasteiger partial charge >= 0.3 is 0 Å². The third-order valence-electron chi connectivity index (χ3n) is 3.72. The molecule has 3 N–H and O–H groups in total. The molecule has 0 aromatic rings. The highest BCUT2D eigenvalue weighted by molar-refractivity contribution is 5.81. The summed E-state index contributed by atoms with van der Waals surface area (Å²) in [5.41, 5.74) is 5.13. The third kappa shape index (κ3) is 0.891. The number of nitrogens with two attached hydrogens (primary N) is 1. The predicted octanol–water partition coefficient (Wildman–Crippen LogP) is 0.270. The van der Waals surface area contributed by atoms with Gasteiger partial charge in [0.05, 0.1) is 0 Å². The lowest BCUT2D eigenvalue weighted by atomic mass is 9.80. The van der Waals surface area contributed by atoms with Crippen LogP contribution in [-0.4, -0.2) is 17.6 Å². The first-order valence-electron chi connectivity index (χ1n) is 4.59. The monoisotopic (exact) mass is 169 g/mol. The van der Waals surface area contributed by atoms with Crippen molar-refractivity contribution in [2.75, 3.05) is 6.61 Å². The Hall–Kier alpha value is -0.570. The number of primary amides is 1. The molecule has 3 heteroatoms. The Morgan fingerprint density at radius 3 is 2.75 bits per heavy atom. The van der Waals surface area contributed by atoms with E-state index in [0.717, 1.165) is 25.7 Å². The third-order valence-corrected chi connectivity index (χ3v) is 3.72. The molecule has 0 radical (unpaired) electrons. The number of fused-ring (bicyclic) bond motifs is 2. The van der Waals surface area contributed by atoms with Gasteiger partial charge in [-0.15, -0.1) is 0 Å². The summed E-state index contributed by atoms with van der Waals surface area (Å²) in [4.78, 5) is 11.2. The molecule has 12 heavy (non-hydrogen) atoms. The van der Waals surface area contributed by atoms with Crippen molar-refractivity contribution >= 4 is 5.91 Å². The first-order valence-corrected chi connectivity index (χ1v) is 4.59. The Morgan fingerprint density at radius 1 is 1.58 bits per heavy atom. The minimum Gasteiger partial charge on any atom is -0.396 e. The molecular formula is C9H15NO2. The number of hydrogen-bond acceptors (Lipinski definition) is 2. The zero-order valence-electron chi connectivity index (χ0n) is 7.12. The molecule has 3 nitrogen and oxygen atoms in total. The molecule has 2 saturated carbocycles. The molecule has 68 valence electrons. The second-order valence-corrected chi connectivity index (χ2v) is 4.29. The number of carbonyl (C=O) groups excluding carboxylic acids is 1. The minimum absolute atomic E-state index is 0.152. The van der Waals surface area contributed by atoms with Crippen LogP contribution in [0, 0.1) is 17.3 Å². The fraction of sp³-hybridized carbons (Fsp3) is 0.889. The van der Waals surface area contributed by atoms with Crippen LogP contribution in [0.3, 0.4) is 0 Å². The molecule has 0 saturated heterocycles. The quantitative estimate of drug-likeness (QED) is 0.623. The molecule has 0 aromatic carbocycles. The summed E-state index contributed by atoms with van der Waals surface area (Å²) in [5, 5.41) is 9.03. The summed E-state index contributed by atoms with van der Waals surface area (Å²) in [7, 11) is 0. The van der Waals surface area contributed by atoms with E-state index in [0.29, 0.717) is 11.8 Å². The summed E-state index contributed by atoms with van der Waals surface area (Å²) in [6.45, 7) is 0.222. The highest BCUT2D eigenvalue weighted by atomic mass is 16.3. The number of aliphatic hydroxyl groups is 1. The minimum atomic E-state index is -0.238. The van der Waals surface area contributed by atoms with Gasteiger partial charge in [0.2, 0.25) is 5.91 Å². The Kier molecular flexibility index (Phi) is 1.65. The fourth-order valence-corrected chi connectivity index (χ4v) is 2.96. The van der Waals surface area contributed by atoms with Crippen LogP contribution in [-0.2, 0) is 4.79 Å². The van der Waals surface area contributed by atoms with E-state index in [4.69, 9.17) is 10.8 Å². The van der Waals surface area contributed by atoms with Gasteiger partial charge in [0.15, 0.2) is 0 Å². The summed E-state index contributed by atoms with van der Waals surface area (Å²) >= 11 is 0. The Labute approximate surface area is 71.9 Å². The van der Waals surface area contributed by atoms with Crippen LogP contribution in [0.25, 0.3) is 0 Å². The summed E-state index contributed by atoms with van der Waals surface area (Å²) < 4.78 is 0. The summed E-state index contributed by atoms with van der Waals surface area (Å²) in [5.74, 6) is 0.745. The molecule has 2 fully saturated rings. The number of hydrogen-bond donors (Lipinski definition) is 2. The van der Waals surface area contributed by atoms with Gasteiger partial charge in [-0.25, -0.2) is 0 Å². The van der Waals surface area contributed by atoms with Crippen LogP contribution in [0.1, 0.15) is 25.7 Å². The van der Waals surface area contributed by atoms with E-state index in [1.54, 1.807) is 0 Å². The number of rotatable bonds is 2. The van der Waals surface area contributed by atoms with Gasteiger partial charge in [-0.2, -0.15) is 0 Å². The van der Waals surface area contributed by atoms with Crippen LogP contribution >= 0.6 is 0 Å². The molecule has 3 atom stereocenters. The van der Waals surface area contributed by atoms with Crippen molar-refractivity contribution in [2.24, 2.45) is 23.0 Å². The maximum atomic E-state index is 11.2. The lowest BCUT2D eigenvalue weighted by Gasteiger charge is -2.25. The molecule has 2 unspecified atom stereocenters. The van der Waals surface area contributed by atoms with Crippen molar-refractivity contribution in [1.29, 1.82) is 0 Å². The van der Waals surface area contributed by atoms with Crippen molar-refractivity contribution in [3.05, 3.63) is 0 Å². The van der Waals surface area contributed by atoms with E-state index in [2.05, 4.69) is 0 Å². The first-order chi connectivity index (χ1) is 5.68. The first kappa shape index (κ1) is 8.05. The average molecular weight is 169 g/mol. The van der Waals surface area contributed by atoms with Crippen molar-refractivity contribution in [1.82, 2.24) is 0 Å². The number of amides is 1. The summed E-state index contributed by atoms with van der Waals surface area (Å²) in [6, 6.07) is 0. The second-order valence-electron chi connectivity index (χ2n) is 4.29. The lowest BCUT2D eigenvalue weighted by Crippen LogP contribution is -2.34. The van der Waals surface area contributed by atoms with Crippen molar-refractivity contribution in [3.63, 3.8) is 0 Å². The van der Waals surface area contributed by atoms with E-state index < -0.39 is 0 Å². The van der Waals surface area contributed by atoms with Crippen LogP contribution in [0.2, 0.25) is 0 Å². The molecule has 2 bridgehead atoms. The van der Waals surface area contributed by atoms with E-state index in [-0.39, 0.29) is 17.9 Å². The molecule has 2 rings (SSSR count). The summed E-state index contributed by atoms with van der Waals surface area (Å²) in [6.07, 6.45) is 3.77. The highest BCUT2D eigenvalue weighted by Crippen LogP contribution is 2.56. The average Bonchev–Trinajstić information content (AvgIpc) is 2.61. The van der Waals surface area contributed by atoms with E-state index in [1.807, 2.05) is 0 Å². The standard InChI is InChI=1S/C9H15NO2/c10-8(12)9-2-1-6(3-9)7(4-9)5-11/h6-7,11H,1-5H2,(H2,10,12)/t6?,7-,9?/m1/s1. The van der Waals surface area contributed by atoms with Gasteiger partial charge in [-0.1, -0.05) is 0 Å². The molecule has 2 aliphatic rings. The SMILES string of the molecule is NC(=O)C12CCC(C1)[C@@H](CO)C2.